The van der Waals surface area contributed by atoms with Gasteiger partial charge in [0.15, 0.2) is 0 Å². The summed E-state index contributed by atoms with van der Waals surface area (Å²) in [5, 5.41) is 11.7. The number of carboxylic acid groups (broad SMARTS) is 1. The molecule has 0 fully saturated rings. The Labute approximate surface area is 87.9 Å². The number of likely N-dealkylation sites (N-methyl/N-ethyl adjacent to an activating group) is 1. The van der Waals surface area contributed by atoms with Gasteiger partial charge in [0.05, 0.1) is 11.6 Å². The quantitative estimate of drug-likeness (QED) is 0.698. The number of benzene rings is 1. The van der Waals surface area contributed by atoms with Gasteiger partial charge in [0, 0.05) is 0 Å². The highest BCUT2D eigenvalue weighted by molar-refractivity contribution is 5.89. The topological polar surface area (TPSA) is 66.4 Å². The summed E-state index contributed by atoms with van der Waals surface area (Å²) in [6.07, 6.45) is 1.17. The van der Waals surface area contributed by atoms with Crippen molar-refractivity contribution in [3.63, 3.8) is 0 Å². The molecular weight excluding hydrogens is 194 g/mol. The van der Waals surface area contributed by atoms with E-state index in [-0.39, 0.29) is 11.6 Å². The molecule has 0 spiro atoms. The Morgan fingerprint density at radius 2 is 2.20 bits per heavy atom. The third-order valence-electron chi connectivity index (χ3n) is 2.22. The van der Waals surface area contributed by atoms with Crippen LogP contribution in [0.3, 0.4) is 0 Å². The summed E-state index contributed by atoms with van der Waals surface area (Å²) in [5.74, 6) is -0.966. The first-order valence-corrected chi connectivity index (χ1v) is 4.62. The predicted octanol–water partition coefficient (Wildman–Crippen LogP) is 0.714. The maximum atomic E-state index is 10.9. The molecule has 0 aromatic heterocycles. The van der Waals surface area contributed by atoms with Crippen molar-refractivity contribution < 1.29 is 14.7 Å². The van der Waals surface area contributed by atoms with Gasteiger partial charge in [0.25, 0.3) is 0 Å². The summed E-state index contributed by atoms with van der Waals surface area (Å²) < 4.78 is 0. The van der Waals surface area contributed by atoms with Crippen molar-refractivity contribution in [1.29, 1.82) is 0 Å². The molecule has 0 aliphatic rings. The number of aromatic carboxylic acids is 1. The monoisotopic (exact) mass is 207 g/mol. The maximum Gasteiger partial charge on any atom is 0.335 e. The van der Waals surface area contributed by atoms with Crippen LogP contribution in [-0.2, 0) is 11.2 Å². The fourth-order valence-electron chi connectivity index (χ4n) is 1.36. The van der Waals surface area contributed by atoms with Crippen LogP contribution in [0.25, 0.3) is 0 Å². The van der Waals surface area contributed by atoms with Crippen molar-refractivity contribution in [2.24, 2.45) is 0 Å². The molecule has 0 heterocycles. The van der Waals surface area contributed by atoms with E-state index in [9.17, 15) is 9.59 Å². The maximum absolute atomic E-state index is 10.9. The number of aldehydes is 1. The molecule has 2 N–H and O–H groups in total. The van der Waals surface area contributed by atoms with Crippen molar-refractivity contribution in [2.75, 3.05) is 7.05 Å². The van der Waals surface area contributed by atoms with E-state index in [0.717, 1.165) is 6.29 Å². The zero-order valence-corrected chi connectivity index (χ0v) is 8.43. The van der Waals surface area contributed by atoms with Crippen LogP contribution in [0, 0.1) is 0 Å². The van der Waals surface area contributed by atoms with Gasteiger partial charge >= 0.3 is 5.97 Å². The summed E-state index contributed by atoms with van der Waals surface area (Å²) in [4.78, 5) is 21.5. The van der Waals surface area contributed by atoms with Gasteiger partial charge in [0.1, 0.15) is 6.29 Å². The fraction of sp³-hybridized carbons (Fsp3) is 0.273. The summed E-state index contributed by atoms with van der Waals surface area (Å²) in [5.41, 5.74) is 0.913. The molecule has 0 saturated heterocycles. The van der Waals surface area contributed by atoms with Crippen LogP contribution in [0.2, 0.25) is 0 Å². The smallest absolute Gasteiger partial charge is 0.335 e. The minimum atomic E-state index is -0.966. The summed E-state index contributed by atoms with van der Waals surface area (Å²) in [6.45, 7) is 0. The number of rotatable bonds is 5. The molecule has 1 aromatic rings. The average Bonchev–Trinajstić information content (AvgIpc) is 2.26. The summed E-state index contributed by atoms with van der Waals surface area (Å²) in [6, 6.07) is 6.35. The average molecular weight is 207 g/mol. The van der Waals surface area contributed by atoms with Crippen LogP contribution in [0.5, 0.6) is 0 Å². The van der Waals surface area contributed by atoms with E-state index >= 15 is 0 Å². The molecule has 1 atom stereocenters. The molecule has 80 valence electrons. The second-order valence-corrected chi connectivity index (χ2v) is 3.20. The van der Waals surface area contributed by atoms with Gasteiger partial charge in [-0.1, -0.05) is 18.2 Å². The van der Waals surface area contributed by atoms with E-state index in [2.05, 4.69) is 5.32 Å². The molecule has 1 aromatic carbocycles. The van der Waals surface area contributed by atoms with E-state index in [1.165, 1.54) is 6.07 Å². The lowest BCUT2D eigenvalue weighted by Gasteiger charge is -2.10. The van der Waals surface area contributed by atoms with Crippen molar-refractivity contribution >= 4 is 12.3 Å². The third-order valence-corrected chi connectivity index (χ3v) is 2.22. The lowest BCUT2D eigenvalue weighted by Crippen LogP contribution is -2.29. The van der Waals surface area contributed by atoms with E-state index < -0.39 is 5.97 Å². The Hall–Kier alpha value is -1.68. The van der Waals surface area contributed by atoms with Crippen molar-refractivity contribution in [1.82, 2.24) is 5.32 Å². The van der Waals surface area contributed by atoms with Gasteiger partial charge in [-0.25, -0.2) is 4.79 Å². The summed E-state index contributed by atoms with van der Waals surface area (Å²) in [7, 11) is 1.67. The second kappa shape index (κ2) is 5.26. The van der Waals surface area contributed by atoms with Gasteiger partial charge in [-0.2, -0.15) is 0 Å². The van der Waals surface area contributed by atoms with Gasteiger partial charge in [-0.3, -0.25) is 0 Å². The molecule has 0 aliphatic carbocycles. The van der Waals surface area contributed by atoms with E-state index in [1.54, 1.807) is 25.2 Å². The van der Waals surface area contributed by atoms with E-state index in [4.69, 9.17) is 5.11 Å². The van der Waals surface area contributed by atoms with Crippen LogP contribution >= 0.6 is 0 Å². The summed E-state index contributed by atoms with van der Waals surface area (Å²) >= 11 is 0. The van der Waals surface area contributed by atoms with Gasteiger partial charge in [-0.05, 0) is 25.1 Å². The molecule has 4 heteroatoms. The largest absolute Gasteiger partial charge is 0.478 e. The van der Waals surface area contributed by atoms with Crippen LogP contribution in [0.1, 0.15) is 15.9 Å². The van der Waals surface area contributed by atoms with Crippen LogP contribution in [0.15, 0.2) is 24.3 Å². The molecule has 0 aliphatic heterocycles. The van der Waals surface area contributed by atoms with E-state index in [0.29, 0.717) is 12.0 Å². The Morgan fingerprint density at radius 1 is 1.53 bits per heavy atom. The van der Waals surface area contributed by atoms with Crippen molar-refractivity contribution in [3.8, 4) is 0 Å². The van der Waals surface area contributed by atoms with Crippen LogP contribution in [-0.4, -0.2) is 30.5 Å². The van der Waals surface area contributed by atoms with Crippen LogP contribution < -0.4 is 5.32 Å². The first-order valence-electron chi connectivity index (χ1n) is 4.62. The molecule has 0 bridgehead atoms. The highest BCUT2D eigenvalue weighted by atomic mass is 16.4. The molecule has 4 nitrogen and oxygen atoms in total. The Bertz CT molecular complexity index is 363. The third kappa shape index (κ3) is 2.89. The van der Waals surface area contributed by atoms with Gasteiger partial charge < -0.3 is 15.2 Å². The number of carbonyl (C=O) groups excluding carboxylic acids is 1. The minimum absolute atomic E-state index is 0.250. The van der Waals surface area contributed by atoms with Crippen LogP contribution in [0.4, 0.5) is 0 Å². The van der Waals surface area contributed by atoms with Gasteiger partial charge in [0.2, 0.25) is 0 Å². The van der Waals surface area contributed by atoms with Gasteiger partial charge in [-0.15, -0.1) is 0 Å². The standard InChI is InChI=1S/C11H13NO3/c1-12-9(7-13)6-8-4-2-3-5-10(8)11(14)15/h2-5,7,9,12H,6H2,1H3,(H,14,15). The lowest BCUT2D eigenvalue weighted by atomic mass is 10.0. The Morgan fingerprint density at radius 3 is 2.73 bits per heavy atom. The Kier molecular flexibility index (Phi) is 4.00. The highest BCUT2D eigenvalue weighted by Gasteiger charge is 2.12. The first kappa shape index (κ1) is 11.4. The molecule has 15 heavy (non-hydrogen) atoms. The number of hydrogen-bond acceptors (Lipinski definition) is 3. The molecule has 1 rings (SSSR count). The SMILES string of the molecule is CNC(C=O)Cc1ccccc1C(=O)O. The minimum Gasteiger partial charge on any atom is -0.478 e. The first-order chi connectivity index (χ1) is 7.19. The molecular formula is C11H13NO3. The Balaban J connectivity index is 2.93. The molecule has 1 unspecified atom stereocenters. The molecule has 0 saturated carbocycles. The van der Waals surface area contributed by atoms with E-state index in [1.807, 2.05) is 0 Å². The second-order valence-electron chi connectivity index (χ2n) is 3.20. The molecule has 0 radical (unpaired) electrons. The van der Waals surface area contributed by atoms with Crippen molar-refractivity contribution in [2.45, 2.75) is 12.5 Å². The lowest BCUT2D eigenvalue weighted by molar-refractivity contribution is -0.109. The zero-order chi connectivity index (χ0) is 11.3. The predicted molar refractivity (Wildman–Crippen MR) is 56.0 cm³/mol. The number of hydrogen-bond donors (Lipinski definition) is 2. The number of carboxylic acids is 1. The fourth-order valence-corrected chi connectivity index (χ4v) is 1.36. The number of nitrogens with one attached hydrogen (secondary N) is 1. The number of carbonyl (C=O) groups is 2. The van der Waals surface area contributed by atoms with Crippen molar-refractivity contribution in [3.05, 3.63) is 35.4 Å². The normalized spacial score (nSPS) is 12.1. The zero-order valence-electron chi connectivity index (χ0n) is 8.43. The highest BCUT2D eigenvalue weighted by Crippen LogP contribution is 2.10. The molecule has 0 amide bonds.